The fraction of sp³-hybridized carbons (Fsp3) is 0.261. The molecule has 0 atom stereocenters. The third-order valence-corrected chi connectivity index (χ3v) is 4.25. The predicted molar refractivity (Wildman–Crippen MR) is 108 cm³/mol. The van der Waals surface area contributed by atoms with E-state index < -0.39 is 5.97 Å². The van der Waals surface area contributed by atoms with Crippen molar-refractivity contribution in [2.45, 2.75) is 19.3 Å². The number of hydrogen-bond donors (Lipinski definition) is 0. The molecule has 0 fully saturated rings. The SMILES string of the molecule is C=CCOc1c(CC=C)c(OC)cc(CCc2ccccc2)c1C(=O)OC. The Kier molecular flexibility index (Phi) is 7.68. The molecule has 0 saturated carbocycles. The Morgan fingerprint density at radius 1 is 1.07 bits per heavy atom. The van der Waals surface area contributed by atoms with E-state index in [0.29, 0.717) is 29.9 Å². The van der Waals surface area contributed by atoms with Gasteiger partial charge in [0.05, 0.1) is 14.2 Å². The Labute approximate surface area is 161 Å². The monoisotopic (exact) mass is 366 g/mol. The summed E-state index contributed by atoms with van der Waals surface area (Å²) in [6.45, 7) is 7.77. The van der Waals surface area contributed by atoms with E-state index in [9.17, 15) is 4.79 Å². The van der Waals surface area contributed by atoms with Crippen LogP contribution in [0.2, 0.25) is 0 Å². The van der Waals surface area contributed by atoms with Crippen LogP contribution in [0.1, 0.15) is 27.0 Å². The highest BCUT2D eigenvalue weighted by Gasteiger charge is 2.25. The van der Waals surface area contributed by atoms with E-state index in [-0.39, 0.29) is 6.61 Å². The van der Waals surface area contributed by atoms with E-state index in [4.69, 9.17) is 14.2 Å². The molecule has 0 N–H and O–H groups in total. The molecule has 4 heteroatoms. The average Bonchev–Trinajstić information content (AvgIpc) is 2.71. The Morgan fingerprint density at radius 3 is 2.41 bits per heavy atom. The lowest BCUT2D eigenvalue weighted by molar-refractivity contribution is 0.0595. The number of hydrogen-bond acceptors (Lipinski definition) is 4. The molecular formula is C23H26O4. The average molecular weight is 366 g/mol. The number of esters is 1. The number of carbonyl (C=O) groups excluding carboxylic acids is 1. The molecule has 0 spiro atoms. The van der Waals surface area contributed by atoms with Crippen molar-refractivity contribution in [3.63, 3.8) is 0 Å². The van der Waals surface area contributed by atoms with E-state index >= 15 is 0 Å². The predicted octanol–water partition coefficient (Wildman–Crippen LogP) is 4.56. The van der Waals surface area contributed by atoms with Gasteiger partial charge in [0.2, 0.25) is 0 Å². The standard InChI is InChI=1S/C23H26O4/c1-5-10-19-20(25-3)16-18(14-13-17-11-8-7-9-12-17)21(23(24)26-4)22(19)27-15-6-2/h5-9,11-12,16H,1-2,10,13-15H2,3-4H3. The summed E-state index contributed by atoms with van der Waals surface area (Å²) in [6.07, 6.45) is 5.35. The molecule has 142 valence electrons. The first-order valence-corrected chi connectivity index (χ1v) is 8.85. The molecule has 0 unspecified atom stereocenters. The van der Waals surface area contributed by atoms with Gasteiger partial charge in [-0.05, 0) is 36.5 Å². The first-order valence-electron chi connectivity index (χ1n) is 8.85. The van der Waals surface area contributed by atoms with Crippen molar-refractivity contribution in [3.8, 4) is 11.5 Å². The second-order valence-corrected chi connectivity index (χ2v) is 5.99. The molecule has 2 aromatic rings. The number of allylic oxidation sites excluding steroid dienone is 1. The molecular weight excluding hydrogens is 340 g/mol. The quantitative estimate of drug-likeness (QED) is 0.457. The maximum atomic E-state index is 12.6. The summed E-state index contributed by atoms with van der Waals surface area (Å²) in [7, 11) is 2.98. The van der Waals surface area contributed by atoms with Crippen LogP contribution >= 0.6 is 0 Å². The summed E-state index contributed by atoms with van der Waals surface area (Å²) in [5, 5.41) is 0. The zero-order chi connectivity index (χ0) is 19.6. The van der Waals surface area contributed by atoms with Crippen LogP contribution < -0.4 is 9.47 Å². The normalized spacial score (nSPS) is 10.1. The summed E-state index contributed by atoms with van der Waals surface area (Å²) >= 11 is 0. The molecule has 4 nitrogen and oxygen atoms in total. The minimum Gasteiger partial charge on any atom is -0.496 e. The van der Waals surface area contributed by atoms with Crippen LogP contribution in [0.3, 0.4) is 0 Å². The number of benzene rings is 2. The summed E-state index contributed by atoms with van der Waals surface area (Å²) in [4.78, 5) is 12.6. The van der Waals surface area contributed by atoms with Gasteiger partial charge in [-0.2, -0.15) is 0 Å². The van der Waals surface area contributed by atoms with Crippen molar-refractivity contribution in [3.05, 3.63) is 84.0 Å². The molecule has 27 heavy (non-hydrogen) atoms. The molecule has 0 aromatic heterocycles. The van der Waals surface area contributed by atoms with Crippen LogP contribution in [-0.2, 0) is 24.0 Å². The highest BCUT2D eigenvalue weighted by atomic mass is 16.5. The first kappa shape index (κ1) is 20.3. The van der Waals surface area contributed by atoms with E-state index in [1.807, 2.05) is 24.3 Å². The molecule has 0 aliphatic rings. The molecule has 2 aromatic carbocycles. The van der Waals surface area contributed by atoms with Gasteiger partial charge in [0, 0.05) is 5.56 Å². The van der Waals surface area contributed by atoms with Gasteiger partial charge in [0.1, 0.15) is 23.7 Å². The maximum Gasteiger partial charge on any atom is 0.341 e. The number of aryl methyl sites for hydroxylation is 2. The Hall–Kier alpha value is -3.01. The Balaban J connectivity index is 2.56. The van der Waals surface area contributed by atoms with Gasteiger partial charge in [-0.1, -0.05) is 49.1 Å². The molecule has 2 rings (SSSR count). The fourth-order valence-electron chi connectivity index (χ4n) is 2.99. The highest BCUT2D eigenvalue weighted by molar-refractivity contribution is 5.95. The second-order valence-electron chi connectivity index (χ2n) is 5.99. The molecule has 0 saturated heterocycles. The van der Waals surface area contributed by atoms with Crippen molar-refractivity contribution < 1.29 is 19.0 Å². The summed E-state index contributed by atoms with van der Waals surface area (Å²) in [5.74, 6) is 0.721. The second kappa shape index (κ2) is 10.2. The fourth-order valence-corrected chi connectivity index (χ4v) is 2.99. The number of methoxy groups -OCH3 is 2. The van der Waals surface area contributed by atoms with Crippen LogP contribution in [0.5, 0.6) is 11.5 Å². The molecule has 0 heterocycles. The zero-order valence-corrected chi connectivity index (χ0v) is 16.0. The number of rotatable bonds is 10. The van der Waals surface area contributed by atoms with Gasteiger partial charge in [-0.25, -0.2) is 4.79 Å². The minimum atomic E-state index is -0.426. The number of ether oxygens (including phenoxy) is 3. The largest absolute Gasteiger partial charge is 0.496 e. The van der Waals surface area contributed by atoms with E-state index in [2.05, 4.69) is 25.3 Å². The highest BCUT2D eigenvalue weighted by Crippen LogP contribution is 2.37. The maximum absolute atomic E-state index is 12.6. The third-order valence-electron chi connectivity index (χ3n) is 4.25. The lowest BCUT2D eigenvalue weighted by atomic mass is 9.94. The van der Waals surface area contributed by atoms with Gasteiger partial charge < -0.3 is 14.2 Å². The van der Waals surface area contributed by atoms with Gasteiger partial charge in [-0.15, -0.1) is 6.58 Å². The Morgan fingerprint density at radius 2 is 1.81 bits per heavy atom. The molecule has 0 bridgehead atoms. The molecule has 0 aliphatic heterocycles. The Bertz CT molecular complexity index is 794. The molecule has 0 radical (unpaired) electrons. The smallest absolute Gasteiger partial charge is 0.341 e. The minimum absolute atomic E-state index is 0.277. The van der Waals surface area contributed by atoms with Crippen molar-refractivity contribution in [2.24, 2.45) is 0 Å². The van der Waals surface area contributed by atoms with Crippen LogP contribution in [-0.4, -0.2) is 26.8 Å². The summed E-state index contributed by atoms with van der Waals surface area (Å²) in [6, 6.07) is 12.0. The first-order chi connectivity index (χ1) is 13.2. The van der Waals surface area contributed by atoms with Gasteiger partial charge in [0.25, 0.3) is 0 Å². The van der Waals surface area contributed by atoms with Crippen molar-refractivity contribution >= 4 is 5.97 Å². The topological polar surface area (TPSA) is 44.8 Å². The van der Waals surface area contributed by atoms with Gasteiger partial charge >= 0.3 is 5.97 Å². The third kappa shape index (κ3) is 5.00. The van der Waals surface area contributed by atoms with E-state index in [0.717, 1.165) is 17.5 Å². The van der Waals surface area contributed by atoms with E-state index in [1.54, 1.807) is 19.3 Å². The number of carbonyl (C=O) groups is 1. The molecule has 0 amide bonds. The summed E-state index contributed by atoms with van der Waals surface area (Å²) in [5.41, 5.74) is 3.23. The zero-order valence-electron chi connectivity index (χ0n) is 16.0. The van der Waals surface area contributed by atoms with Crippen LogP contribution in [0.4, 0.5) is 0 Å². The molecule has 0 aliphatic carbocycles. The van der Waals surface area contributed by atoms with Crippen LogP contribution in [0, 0.1) is 0 Å². The van der Waals surface area contributed by atoms with Crippen LogP contribution in [0.15, 0.2) is 61.7 Å². The summed E-state index contributed by atoms with van der Waals surface area (Å²) < 4.78 is 16.5. The van der Waals surface area contributed by atoms with Crippen LogP contribution in [0.25, 0.3) is 0 Å². The van der Waals surface area contributed by atoms with Crippen molar-refractivity contribution in [2.75, 3.05) is 20.8 Å². The van der Waals surface area contributed by atoms with Crippen molar-refractivity contribution in [1.82, 2.24) is 0 Å². The lowest BCUT2D eigenvalue weighted by Crippen LogP contribution is -2.13. The van der Waals surface area contributed by atoms with Gasteiger partial charge in [0.15, 0.2) is 0 Å². The van der Waals surface area contributed by atoms with Gasteiger partial charge in [-0.3, -0.25) is 0 Å². The lowest BCUT2D eigenvalue weighted by Gasteiger charge is -2.20. The van der Waals surface area contributed by atoms with E-state index in [1.165, 1.54) is 12.7 Å². The van der Waals surface area contributed by atoms with Crippen molar-refractivity contribution in [1.29, 1.82) is 0 Å².